The summed E-state index contributed by atoms with van der Waals surface area (Å²) in [6, 6.07) is 6.84. The van der Waals surface area contributed by atoms with Crippen molar-refractivity contribution in [2.45, 2.75) is 13.0 Å². The van der Waals surface area contributed by atoms with E-state index >= 15 is 0 Å². The van der Waals surface area contributed by atoms with Gasteiger partial charge in [0.05, 0.1) is 41.2 Å². The van der Waals surface area contributed by atoms with Crippen molar-refractivity contribution in [2.75, 3.05) is 27.4 Å². The summed E-state index contributed by atoms with van der Waals surface area (Å²) in [6.07, 6.45) is 0.724. The number of aliphatic hydroxyl groups excluding tert-OH is 1. The minimum absolute atomic E-state index is 0.0616. The Morgan fingerprint density at radius 2 is 1.93 bits per heavy atom. The Morgan fingerprint density at radius 1 is 1.10 bits per heavy atom. The summed E-state index contributed by atoms with van der Waals surface area (Å²) in [5.41, 5.74) is 3.74. The highest BCUT2D eigenvalue weighted by Gasteiger charge is 2.16. The van der Waals surface area contributed by atoms with Crippen LogP contribution in [0, 0.1) is 12.7 Å². The normalized spacial score (nSPS) is 12.4. The van der Waals surface area contributed by atoms with E-state index < -0.39 is 11.9 Å². The van der Waals surface area contributed by atoms with Crippen molar-refractivity contribution in [1.29, 1.82) is 0 Å². The summed E-state index contributed by atoms with van der Waals surface area (Å²) in [5.74, 6) is -0.0445. The van der Waals surface area contributed by atoms with Crippen LogP contribution in [0.4, 0.5) is 4.39 Å². The molecule has 0 aliphatic rings. The number of rotatable bonds is 7. The molecule has 1 N–H and O–H groups in total. The lowest BCUT2D eigenvalue weighted by Crippen LogP contribution is -2.22. The number of hydrogen-bond donors (Lipinski definition) is 1. The van der Waals surface area contributed by atoms with Gasteiger partial charge in [0.25, 0.3) is 0 Å². The molecule has 4 rings (SSSR count). The van der Waals surface area contributed by atoms with E-state index in [0.29, 0.717) is 27.4 Å². The van der Waals surface area contributed by atoms with E-state index in [0.717, 1.165) is 15.8 Å². The number of halogens is 1. The lowest BCUT2D eigenvalue weighted by atomic mass is 10.1. The molecule has 0 spiro atoms. The van der Waals surface area contributed by atoms with Crippen LogP contribution in [0.1, 0.15) is 5.56 Å². The molecular formula is C21H20FN3O4S. The summed E-state index contributed by atoms with van der Waals surface area (Å²) in [5, 5.41) is 10.4. The lowest BCUT2D eigenvalue weighted by Gasteiger charge is -2.11. The Labute approximate surface area is 176 Å². The van der Waals surface area contributed by atoms with Gasteiger partial charge in [-0.2, -0.15) is 0 Å². The van der Waals surface area contributed by atoms with Gasteiger partial charge >= 0.3 is 0 Å². The van der Waals surface area contributed by atoms with Gasteiger partial charge in [-0.05, 0) is 24.6 Å². The molecule has 7 nitrogen and oxygen atoms in total. The summed E-state index contributed by atoms with van der Waals surface area (Å²) in [6.45, 7) is 2.01. The van der Waals surface area contributed by atoms with Crippen molar-refractivity contribution < 1.29 is 23.7 Å². The quantitative estimate of drug-likeness (QED) is 0.479. The standard InChI is InChI=1S/C21H20FN3O4S/c1-11-4-13(20-16(5-11)24-19(28-3)8-23-20)21-25-15-6-14(22)17(7-18(15)30-21)29-10-12(26)9-27-2/h4-8,12,26H,9-10H2,1-3H3. The molecule has 0 radical (unpaired) electrons. The van der Waals surface area contributed by atoms with E-state index in [4.69, 9.17) is 14.2 Å². The van der Waals surface area contributed by atoms with E-state index in [1.165, 1.54) is 24.5 Å². The van der Waals surface area contributed by atoms with Gasteiger partial charge in [0.15, 0.2) is 11.6 Å². The van der Waals surface area contributed by atoms with Crippen LogP contribution in [-0.4, -0.2) is 53.6 Å². The average Bonchev–Trinajstić information content (AvgIpc) is 3.13. The number of ether oxygens (including phenoxy) is 3. The first-order chi connectivity index (χ1) is 14.5. The zero-order valence-corrected chi connectivity index (χ0v) is 17.5. The molecule has 0 aliphatic heterocycles. The van der Waals surface area contributed by atoms with E-state index in [2.05, 4.69) is 15.0 Å². The molecule has 0 amide bonds. The zero-order valence-electron chi connectivity index (χ0n) is 16.7. The molecule has 2 aromatic carbocycles. The Balaban J connectivity index is 1.73. The molecule has 2 aromatic heterocycles. The third-order valence-electron chi connectivity index (χ3n) is 4.44. The number of nitrogens with zero attached hydrogens (tertiary/aromatic N) is 3. The Hall–Kier alpha value is -2.88. The van der Waals surface area contributed by atoms with Crippen molar-refractivity contribution >= 4 is 32.6 Å². The molecule has 0 saturated heterocycles. The minimum Gasteiger partial charge on any atom is -0.488 e. The smallest absolute Gasteiger partial charge is 0.232 e. The first-order valence-electron chi connectivity index (χ1n) is 9.20. The highest BCUT2D eigenvalue weighted by molar-refractivity contribution is 7.21. The second-order valence-electron chi connectivity index (χ2n) is 6.78. The van der Waals surface area contributed by atoms with Gasteiger partial charge in [-0.25, -0.2) is 19.3 Å². The van der Waals surface area contributed by atoms with Crippen molar-refractivity contribution in [3.8, 4) is 22.2 Å². The molecular weight excluding hydrogens is 409 g/mol. The Bertz CT molecular complexity index is 1210. The molecule has 4 aromatic rings. The number of aromatic nitrogens is 3. The number of methoxy groups -OCH3 is 2. The van der Waals surface area contributed by atoms with Crippen molar-refractivity contribution in [3.63, 3.8) is 0 Å². The van der Waals surface area contributed by atoms with E-state index in [9.17, 15) is 9.50 Å². The first-order valence-corrected chi connectivity index (χ1v) is 10.0. The molecule has 156 valence electrons. The van der Waals surface area contributed by atoms with Crippen LogP contribution in [-0.2, 0) is 4.74 Å². The number of hydrogen-bond acceptors (Lipinski definition) is 8. The molecule has 0 aliphatic carbocycles. The minimum atomic E-state index is -0.837. The fourth-order valence-electron chi connectivity index (χ4n) is 3.09. The lowest BCUT2D eigenvalue weighted by molar-refractivity contribution is 0.0316. The van der Waals surface area contributed by atoms with Crippen LogP contribution >= 0.6 is 11.3 Å². The maximum absolute atomic E-state index is 14.5. The number of aryl methyl sites for hydroxylation is 1. The highest BCUT2D eigenvalue weighted by atomic mass is 32.1. The molecule has 1 atom stereocenters. The molecule has 9 heteroatoms. The number of benzene rings is 2. The molecule has 0 saturated carbocycles. The molecule has 2 heterocycles. The van der Waals surface area contributed by atoms with Gasteiger partial charge < -0.3 is 19.3 Å². The average molecular weight is 429 g/mol. The Morgan fingerprint density at radius 3 is 2.70 bits per heavy atom. The van der Waals surface area contributed by atoms with Gasteiger partial charge in [-0.3, -0.25) is 0 Å². The first kappa shape index (κ1) is 20.4. The van der Waals surface area contributed by atoms with Gasteiger partial charge in [-0.1, -0.05) is 0 Å². The maximum Gasteiger partial charge on any atom is 0.232 e. The van der Waals surface area contributed by atoms with Gasteiger partial charge in [0, 0.05) is 24.8 Å². The van der Waals surface area contributed by atoms with E-state index in [1.807, 2.05) is 19.1 Å². The molecule has 0 fully saturated rings. The third kappa shape index (κ3) is 4.04. The van der Waals surface area contributed by atoms with E-state index in [1.54, 1.807) is 19.4 Å². The second kappa shape index (κ2) is 8.47. The van der Waals surface area contributed by atoms with Crippen LogP contribution in [0.2, 0.25) is 0 Å². The maximum atomic E-state index is 14.5. The molecule has 1 unspecified atom stereocenters. The van der Waals surface area contributed by atoms with Crippen LogP contribution < -0.4 is 9.47 Å². The summed E-state index contributed by atoms with van der Waals surface area (Å²) < 4.78 is 30.7. The second-order valence-corrected chi connectivity index (χ2v) is 7.81. The predicted molar refractivity (Wildman–Crippen MR) is 113 cm³/mol. The number of thiazole rings is 1. The monoisotopic (exact) mass is 429 g/mol. The van der Waals surface area contributed by atoms with Crippen LogP contribution in [0.5, 0.6) is 11.6 Å². The zero-order chi connectivity index (χ0) is 21.3. The van der Waals surface area contributed by atoms with Crippen LogP contribution in [0.3, 0.4) is 0 Å². The van der Waals surface area contributed by atoms with Gasteiger partial charge in [0.1, 0.15) is 17.7 Å². The molecule has 30 heavy (non-hydrogen) atoms. The van der Waals surface area contributed by atoms with Crippen LogP contribution in [0.25, 0.3) is 31.8 Å². The highest BCUT2D eigenvalue weighted by Crippen LogP contribution is 2.37. The topological polar surface area (TPSA) is 86.6 Å². The number of fused-ring (bicyclic) bond motifs is 2. The Kier molecular flexibility index (Phi) is 5.76. The predicted octanol–water partition coefficient (Wildman–Crippen LogP) is 3.75. The third-order valence-corrected chi connectivity index (χ3v) is 5.49. The van der Waals surface area contributed by atoms with Crippen molar-refractivity contribution in [1.82, 2.24) is 15.0 Å². The fourth-order valence-corrected chi connectivity index (χ4v) is 4.08. The van der Waals surface area contributed by atoms with Crippen molar-refractivity contribution in [2.24, 2.45) is 0 Å². The van der Waals surface area contributed by atoms with E-state index in [-0.39, 0.29) is 19.0 Å². The van der Waals surface area contributed by atoms with Gasteiger partial charge in [0.2, 0.25) is 5.88 Å². The number of aliphatic hydroxyl groups is 1. The van der Waals surface area contributed by atoms with Gasteiger partial charge in [-0.15, -0.1) is 11.3 Å². The largest absolute Gasteiger partial charge is 0.488 e. The SMILES string of the molecule is COCC(O)COc1cc2sc(-c3cc(C)cc4nc(OC)cnc34)nc2cc1F. The fraction of sp³-hybridized carbons (Fsp3) is 0.286. The summed E-state index contributed by atoms with van der Waals surface area (Å²) >= 11 is 1.41. The van der Waals surface area contributed by atoms with Crippen molar-refractivity contribution in [3.05, 3.63) is 41.8 Å². The van der Waals surface area contributed by atoms with Crippen LogP contribution in [0.15, 0.2) is 30.5 Å². The molecule has 0 bridgehead atoms. The summed E-state index contributed by atoms with van der Waals surface area (Å²) in [4.78, 5) is 13.5. The summed E-state index contributed by atoms with van der Waals surface area (Å²) in [7, 11) is 3.02.